The molecule has 12 rings (SSSR count). The van der Waals surface area contributed by atoms with Crippen molar-refractivity contribution < 1.29 is 4.74 Å². The maximum absolute atomic E-state index is 7.42. The lowest BCUT2D eigenvalue weighted by atomic mass is 9.65. The highest BCUT2D eigenvalue weighted by Gasteiger charge is 2.52. The summed E-state index contributed by atoms with van der Waals surface area (Å²) in [4.78, 5) is 20.0. The third-order valence-electron chi connectivity index (χ3n) is 12.1. The van der Waals surface area contributed by atoms with E-state index >= 15 is 0 Å². The van der Waals surface area contributed by atoms with Crippen molar-refractivity contribution in [2.24, 2.45) is 0 Å². The Bertz CT molecular complexity index is 3180. The molecule has 0 saturated heterocycles. The molecule has 60 heavy (non-hydrogen) atoms. The van der Waals surface area contributed by atoms with Gasteiger partial charge in [0.25, 0.3) is 0 Å². The molecule has 5 nitrogen and oxygen atoms in total. The molecule has 0 fully saturated rings. The normalized spacial score (nSPS) is 12.9. The lowest BCUT2D eigenvalue weighted by molar-refractivity contribution is 0.439. The number of hydrogen-bond acceptors (Lipinski definition) is 5. The monoisotopic (exact) mass is 766 g/mol. The average Bonchev–Trinajstić information content (AvgIpc) is 3.62. The first kappa shape index (κ1) is 34.1. The Labute approximate surface area is 347 Å². The van der Waals surface area contributed by atoms with Crippen LogP contribution in [0.5, 0.6) is 11.5 Å². The van der Waals surface area contributed by atoms with Gasteiger partial charge >= 0.3 is 0 Å². The van der Waals surface area contributed by atoms with Crippen LogP contribution in [0.15, 0.2) is 206 Å². The van der Waals surface area contributed by atoms with Crippen LogP contribution in [-0.2, 0) is 5.41 Å². The molecule has 2 aliphatic rings. The predicted molar refractivity (Wildman–Crippen MR) is 240 cm³/mol. The smallest absolute Gasteiger partial charge is 0.167 e. The molecule has 0 saturated carbocycles. The van der Waals surface area contributed by atoms with Gasteiger partial charge in [0.1, 0.15) is 11.5 Å². The van der Waals surface area contributed by atoms with Crippen molar-refractivity contribution in [3.63, 3.8) is 0 Å². The molecule has 5 heteroatoms. The molecule has 0 bridgehead atoms. The van der Waals surface area contributed by atoms with E-state index in [0.717, 1.165) is 72.5 Å². The van der Waals surface area contributed by atoms with E-state index in [0.29, 0.717) is 17.5 Å². The van der Waals surface area contributed by atoms with E-state index in [4.69, 9.17) is 19.7 Å². The summed E-state index contributed by atoms with van der Waals surface area (Å²) in [6.45, 7) is 0. The quantitative estimate of drug-likeness (QED) is 0.175. The number of hydrogen-bond donors (Lipinski definition) is 0. The van der Waals surface area contributed by atoms with Crippen molar-refractivity contribution in [1.82, 2.24) is 19.9 Å². The van der Waals surface area contributed by atoms with Crippen molar-refractivity contribution in [2.75, 3.05) is 0 Å². The Morgan fingerprint density at radius 1 is 0.317 bits per heavy atom. The molecule has 0 radical (unpaired) electrons. The molecular formula is C55H34N4O. The third kappa shape index (κ3) is 5.12. The Balaban J connectivity index is 1.11. The number of aromatic nitrogens is 4. The summed E-state index contributed by atoms with van der Waals surface area (Å²) in [6.07, 6.45) is 1.84. The zero-order valence-corrected chi connectivity index (χ0v) is 32.3. The molecule has 8 aromatic carbocycles. The summed E-state index contributed by atoms with van der Waals surface area (Å²) in [7, 11) is 0. The van der Waals surface area contributed by atoms with Gasteiger partial charge < -0.3 is 4.74 Å². The molecule has 2 aromatic heterocycles. The van der Waals surface area contributed by atoms with Gasteiger partial charge in [0.05, 0.1) is 16.5 Å². The molecule has 280 valence electrons. The minimum atomic E-state index is -0.685. The SMILES string of the molecule is c1ccc(-c2nc(-c3ccccc3)nc(-c3cccc4c3Oc3c(-c5ccc(-c6cccc7ncccc67)cc5)cccc3C43c4ccccc4-c4ccccc43)n2)cc1. The van der Waals surface area contributed by atoms with Gasteiger partial charge in [-0.2, -0.15) is 0 Å². The molecule has 1 spiro atoms. The zero-order valence-electron chi connectivity index (χ0n) is 32.3. The number of ether oxygens (including phenoxy) is 1. The summed E-state index contributed by atoms with van der Waals surface area (Å²) < 4.78 is 7.42. The van der Waals surface area contributed by atoms with Crippen molar-refractivity contribution in [3.8, 4) is 79.0 Å². The number of benzene rings is 8. The van der Waals surface area contributed by atoms with Gasteiger partial charge in [-0.25, -0.2) is 15.0 Å². The maximum atomic E-state index is 7.42. The van der Waals surface area contributed by atoms with Gasteiger partial charge in [-0.3, -0.25) is 4.98 Å². The molecule has 10 aromatic rings. The van der Waals surface area contributed by atoms with E-state index in [1.165, 1.54) is 22.3 Å². The highest BCUT2D eigenvalue weighted by Crippen LogP contribution is 2.64. The lowest BCUT2D eigenvalue weighted by Gasteiger charge is -2.40. The maximum Gasteiger partial charge on any atom is 0.167 e. The fourth-order valence-corrected chi connectivity index (χ4v) is 9.46. The lowest BCUT2D eigenvalue weighted by Crippen LogP contribution is -2.32. The number of para-hydroxylation sites is 2. The topological polar surface area (TPSA) is 60.8 Å². The molecule has 0 atom stereocenters. The van der Waals surface area contributed by atoms with Crippen LogP contribution >= 0.6 is 0 Å². The molecule has 0 unspecified atom stereocenters. The molecule has 1 aliphatic carbocycles. The molecule has 1 aliphatic heterocycles. The average molecular weight is 767 g/mol. The van der Waals surface area contributed by atoms with Gasteiger partial charge in [-0.05, 0) is 57.1 Å². The van der Waals surface area contributed by atoms with E-state index in [1.807, 2.05) is 72.9 Å². The second-order valence-electron chi connectivity index (χ2n) is 15.3. The highest BCUT2D eigenvalue weighted by atomic mass is 16.5. The van der Waals surface area contributed by atoms with Crippen molar-refractivity contribution in [3.05, 3.63) is 229 Å². The molecule has 0 amide bonds. The van der Waals surface area contributed by atoms with E-state index in [9.17, 15) is 0 Å². The van der Waals surface area contributed by atoms with E-state index in [2.05, 4.69) is 138 Å². The van der Waals surface area contributed by atoms with E-state index < -0.39 is 5.41 Å². The summed E-state index contributed by atoms with van der Waals surface area (Å²) in [5.41, 5.74) is 14.3. The standard InChI is InChI=1S/C55H34N4O/c1-3-15-37(16-4-1)52-57-53(38-17-5-2-6-18-38)59-54(58-52)44-23-12-28-48-51(44)60-50-40(36-32-30-35(31-33-36)39-21-13-29-49-43(39)24-14-34-56-49)22-11-27-47(50)55(48)45-25-9-7-19-41(45)42-20-8-10-26-46(42)55/h1-34H. The summed E-state index contributed by atoms with van der Waals surface area (Å²) in [5.74, 6) is 3.29. The van der Waals surface area contributed by atoms with E-state index in [1.54, 1.807) is 0 Å². The zero-order chi connectivity index (χ0) is 39.6. The van der Waals surface area contributed by atoms with Gasteiger partial charge in [0.2, 0.25) is 0 Å². The van der Waals surface area contributed by atoms with Crippen LogP contribution in [-0.4, -0.2) is 19.9 Å². The van der Waals surface area contributed by atoms with Crippen LogP contribution in [0.4, 0.5) is 0 Å². The summed E-state index contributed by atoms with van der Waals surface area (Å²) in [6, 6.07) is 70.1. The largest absolute Gasteiger partial charge is 0.455 e. The second-order valence-corrected chi connectivity index (χ2v) is 15.3. The van der Waals surface area contributed by atoms with Gasteiger partial charge in [0.15, 0.2) is 17.5 Å². The van der Waals surface area contributed by atoms with Crippen molar-refractivity contribution in [1.29, 1.82) is 0 Å². The molecular weight excluding hydrogens is 733 g/mol. The molecule has 3 heterocycles. The fourth-order valence-electron chi connectivity index (χ4n) is 9.46. The number of rotatable bonds is 5. The fraction of sp³-hybridized carbons (Fsp3) is 0.0182. The van der Waals surface area contributed by atoms with Crippen LogP contribution in [0, 0.1) is 0 Å². The molecule has 0 N–H and O–H groups in total. The predicted octanol–water partition coefficient (Wildman–Crippen LogP) is 13.2. The van der Waals surface area contributed by atoms with Crippen molar-refractivity contribution >= 4 is 10.9 Å². The first-order valence-corrected chi connectivity index (χ1v) is 20.2. The van der Waals surface area contributed by atoms with Gasteiger partial charge in [-0.15, -0.1) is 0 Å². The first-order valence-electron chi connectivity index (χ1n) is 20.2. The Kier molecular flexibility index (Phi) is 7.69. The summed E-state index contributed by atoms with van der Waals surface area (Å²) >= 11 is 0. The number of pyridine rings is 1. The Hall–Kier alpha value is -8.02. The summed E-state index contributed by atoms with van der Waals surface area (Å²) in [5, 5.41) is 1.13. The van der Waals surface area contributed by atoms with Gasteiger partial charge in [0, 0.05) is 39.4 Å². The van der Waals surface area contributed by atoms with Crippen LogP contribution in [0.2, 0.25) is 0 Å². The second kappa shape index (κ2) is 13.5. The highest BCUT2D eigenvalue weighted by molar-refractivity contribution is 5.96. The Morgan fingerprint density at radius 3 is 1.42 bits per heavy atom. The Morgan fingerprint density at radius 2 is 0.783 bits per heavy atom. The minimum Gasteiger partial charge on any atom is -0.455 e. The van der Waals surface area contributed by atoms with E-state index in [-0.39, 0.29) is 0 Å². The van der Waals surface area contributed by atoms with Gasteiger partial charge in [-0.1, -0.05) is 182 Å². The number of nitrogens with zero attached hydrogens (tertiary/aromatic N) is 4. The van der Waals surface area contributed by atoms with Crippen LogP contribution in [0.25, 0.3) is 78.4 Å². The van der Waals surface area contributed by atoms with Crippen LogP contribution in [0.3, 0.4) is 0 Å². The first-order chi connectivity index (χ1) is 29.8. The number of fused-ring (bicyclic) bond motifs is 10. The van der Waals surface area contributed by atoms with Crippen LogP contribution < -0.4 is 4.74 Å². The minimum absolute atomic E-state index is 0.545. The van der Waals surface area contributed by atoms with Crippen molar-refractivity contribution in [2.45, 2.75) is 5.41 Å². The third-order valence-corrected chi connectivity index (χ3v) is 12.1. The van der Waals surface area contributed by atoms with Crippen LogP contribution in [0.1, 0.15) is 22.3 Å².